The van der Waals surface area contributed by atoms with Crippen molar-refractivity contribution >= 4 is 33.2 Å². The van der Waals surface area contributed by atoms with Crippen molar-refractivity contribution in [1.29, 1.82) is 0 Å². The summed E-state index contributed by atoms with van der Waals surface area (Å²) in [6.45, 7) is 5.48. The molecule has 0 aromatic heterocycles. The molecule has 18 heavy (non-hydrogen) atoms. The highest BCUT2D eigenvalue weighted by Gasteiger charge is 2.24. The Balaban J connectivity index is 2.16. The summed E-state index contributed by atoms with van der Waals surface area (Å²) in [5.41, 5.74) is 2.40. The monoisotopic (exact) mass is 330 g/mol. The lowest BCUT2D eigenvalue weighted by Crippen LogP contribution is -2.51. The molecule has 1 aliphatic rings. The van der Waals surface area contributed by atoms with Crippen molar-refractivity contribution in [3.05, 3.63) is 28.8 Å². The third kappa shape index (κ3) is 3.01. The molecule has 1 aliphatic heterocycles. The topological polar surface area (TPSA) is 6.48 Å². The first-order valence-electron chi connectivity index (χ1n) is 6.45. The second-order valence-corrected chi connectivity index (χ2v) is 5.88. The second-order valence-electron chi connectivity index (χ2n) is 4.91. The summed E-state index contributed by atoms with van der Waals surface area (Å²) in [6.07, 6.45) is 1.18. The third-order valence-electron chi connectivity index (χ3n) is 3.76. The van der Waals surface area contributed by atoms with Gasteiger partial charge in [0, 0.05) is 31.0 Å². The minimum Gasteiger partial charge on any atom is -0.367 e. The third-order valence-corrected chi connectivity index (χ3v) is 4.71. The van der Waals surface area contributed by atoms with Gasteiger partial charge in [0.25, 0.3) is 0 Å². The normalized spacial score (nSPS) is 21.3. The molecule has 1 fully saturated rings. The van der Waals surface area contributed by atoms with E-state index in [9.17, 15) is 0 Å². The molecule has 1 atom stereocenters. The van der Waals surface area contributed by atoms with E-state index in [1.54, 1.807) is 0 Å². The summed E-state index contributed by atoms with van der Waals surface area (Å²) >= 11 is 9.85. The van der Waals surface area contributed by atoms with Gasteiger partial charge in [-0.25, -0.2) is 0 Å². The van der Waals surface area contributed by atoms with Gasteiger partial charge in [-0.2, -0.15) is 0 Å². The Bertz CT molecular complexity index is 411. The van der Waals surface area contributed by atoms with E-state index < -0.39 is 0 Å². The van der Waals surface area contributed by atoms with E-state index in [-0.39, 0.29) is 0 Å². The van der Waals surface area contributed by atoms with Gasteiger partial charge in [0.15, 0.2) is 0 Å². The predicted octanol–water partition coefficient (Wildman–Crippen LogP) is 3.77. The van der Waals surface area contributed by atoms with Gasteiger partial charge in [-0.1, -0.05) is 40.5 Å². The first kappa shape index (κ1) is 14.2. The number of alkyl halides is 1. The summed E-state index contributed by atoms with van der Waals surface area (Å²) in [7, 11) is 2.21. The molecule has 2 rings (SSSR count). The molecule has 1 aromatic carbocycles. The number of hydrogen-bond acceptors (Lipinski definition) is 2. The Kier molecular flexibility index (Phi) is 4.93. The predicted molar refractivity (Wildman–Crippen MR) is 83.0 cm³/mol. The molecule has 0 bridgehead atoms. The van der Waals surface area contributed by atoms with E-state index in [1.165, 1.54) is 17.7 Å². The van der Waals surface area contributed by atoms with Crippen LogP contribution >= 0.6 is 27.5 Å². The summed E-state index contributed by atoms with van der Waals surface area (Å²) in [6, 6.07) is 6.99. The van der Waals surface area contributed by atoms with Gasteiger partial charge in [0.1, 0.15) is 0 Å². The molecule has 0 N–H and O–H groups in total. The van der Waals surface area contributed by atoms with E-state index in [0.29, 0.717) is 6.04 Å². The highest BCUT2D eigenvalue weighted by atomic mass is 79.9. The standard InChI is InChI=1S/C14H20BrClN2/c1-3-12-10-18(7-6-17(12)2)14-5-4-11(9-15)8-13(14)16/h4-5,8,12H,3,6-7,9-10H2,1-2H3. The molecule has 0 spiro atoms. The van der Waals surface area contributed by atoms with Crippen LogP contribution in [0, 0.1) is 0 Å². The maximum absolute atomic E-state index is 6.39. The smallest absolute Gasteiger partial charge is 0.0642 e. The molecular formula is C14H20BrClN2. The van der Waals surface area contributed by atoms with E-state index in [4.69, 9.17) is 11.6 Å². The molecule has 1 unspecified atom stereocenters. The number of rotatable bonds is 3. The van der Waals surface area contributed by atoms with Crippen molar-refractivity contribution in [2.75, 3.05) is 31.6 Å². The van der Waals surface area contributed by atoms with Gasteiger partial charge in [-0.05, 0) is 31.2 Å². The van der Waals surface area contributed by atoms with Crippen LogP contribution in [-0.2, 0) is 5.33 Å². The number of likely N-dealkylation sites (N-methyl/N-ethyl adjacent to an activating group) is 1. The quantitative estimate of drug-likeness (QED) is 0.778. The molecule has 1 heterocycles. The zero-order valence-corrected chi connectivity index (χ0v) is 13.3. The zero-order chi connectivity index (χ0) is 13.1. The lowest BCUT2D eigenvalue weighted by Gasteiger charge is -2.40. The SMILES string of the molecule is CCC1CN(c2ccc(CBr)cc2Cl)CCN1C. The number of halogens is 2. The molecule has 1 aromatic rings. The van der Waals surface area contributed by atoms with E-state index >= 15 is 0 Å². The molecule has 0 amide bonds. The lowest BCUT2D eigenvalue weighted by molar-refractivity contribution is 0.213. The van der Waals surface area contributed by atoms with Gasteiger partial charge in [-0.15, -0.1) is 0 Å². The largest absolute Gasteiger partial charge is 0.367 e. The summed E-state index contributed by atoms with van der Waals surface area (Å²) < 4.78 is 0. The van der Waals surface area contributed by atoms with Crippen molar-refractivity contribution in [2.24, 2.45) is 0 Å². The van der Waals surface area contributed by atoms with Crippen LogP contribution in [0.1, 0.15) is 18.9 Å². The van der Waals surface area contributed by atoms with Crippen LogP contribution < -0.4 is 4.90 Å². The molecule has 0 saturated carbocycles. The Morgan fingerprint density at radius 2 is 2.17 bits per heavy atom. The van der Waals surface area contributed by atoms with Crippen LogP contribution in [0.2, 0.25) is 5.02 Å². The Morgan fingerprint density at radius 1 is 1.39 bits per heavy atom. The van der Waals surface area contributed by atoms with Crippen molar-refractivity contribution in [3.63, 3.8) is 0 Å². The van der Waals surface area contributed by atoms with E-state index in [1.807, 2.05) is 0 Å². The number of benzene rings is 1. The van der Waals surface area contributed by atoms with Crippen molar-refractivity contribution < 1.29 is 0 Å². The fraction of sp³-hybridized carbons (Fsp3) is 0.571. The van der Waals surface area contributed by atoms with Gasteiger partial charge in [0.2, 0.25) is 0 Å². The van der Waals surface area contributed by atoms with Gasteiger partial charge >= 0.3 is 0 Å². The highest BCUT2D eigenvalue weighted by Crippen LogP contribution is 2.29. The minimum atomic E-state index is 0.630. The van der Waals surface area contributed by atoms with Crippen LogP contribution in [0.5, 0.6) is 0 Å². The van der Waals surface area contributed by atoms with Crippen LogP contribution in [-0.4, -0.2) is 37.6 Å². The van der Waals surface area contributed by atoms with Crippen molar-refractivity contribution in [3.8, 4) is 0 Å². The summed E-state index contributed by atoms with van der Waals surface area (Å²) in [4.78, 5) is 4.85. The first-order chi connectivity index (χ1) is 8.65. The molecule has 0 aliphatic carbocycles. The van der Waals surface area contributed by atoms with Crippen molar-refractivity contribution in [1.82, 2.24) is 4.90 Å². The molecule has 2 nitrogen and oxygen atoms in total. The number of nitrogens with zero attached hydrogens (tertiary/aromatic N) is 2. The summed E-state index contributed by atoms with van der Waals surface area (Å²) in [5, 5.41) is 1.72. The molecule has 4 heteroatoms. The van der Waals surface area contributed by atoms with Crippen LogP contribution in [0.25, 0.3) is 0 Å². The van der Waals surface area contributed by atoms with Crippen LogP contribution in [0.4, 0.5) is 5.69 Å². The molecular weight excluding hydrogens is 312 g/mol. The van der Waals surface area contributed by atoms with E-state index in [2.05, 4.69) is 57.9 Å². The second kappa shape index (κ2) is 6.27. The van der Waals surface area contributed by atoms with Gasteiger partial charge in [0.05, 0.1) is 10.7 Å². The highest BCUT2D eigenvalue weighted by molar-refractivity contribution is 9.08. The fourth-order valence-electron chi connectivity index (χ4n) is 2.50. The van der Waals surface area contributed by atoms with Gasteiger partial charge < -0.3 is 4.90 Å². The summed E-state index contributed by atoms with van der Waals surface area (Å²) in [5.74, 6) is 0. The Hall–Kier alpha value is -0.250. The number of hydrogen-bond donors (Lipinski definition) is 0. The van der Waals surface area contributed by atoms with Crippen LogP contribution in [0.3, 0.4) is 0 Å². The van der Waals surface area contributed by atoms with E-state index in [0.717, 1.165) is 30.0 Å². The maximum atomic E-state index is 6.39. The van der Waals surface area contributed by atoms with Crippen LogP contribution in [0.15, 0.2) is 18.2 Å². The molecule has 1 saturated heterocycles. The minimum absolute atomic E-state index is 0.630. The maximum Gasteiger partial charge on any atom is 0.0642 e. The average Bonchev–Trinajstić information content (AvgIpc) is 2.39. The zero-order valence-electron chi connectivity index (χ0n) is 11.0. The first-order valence-corrected chi connectivity index (χ1v) is 7.95. The molecule has 0 radical (unpaired) electrons. The average molecular weight is 332 g/mol. The van der Waals surface area contributed by atoms with Crippen molar-refractivity contribution in [2.45, 2.75) is 24.7 Å². The lowest BCUT2D eigenvalue weighted by atomic mass is 10.1. The van der Waals surface area contributed by atoms with Gasteiger partial charge in [-0.3, -0.25) is 4.90 Å². The number of anilines is 1. The fourth-order valence-corrected chi connectivity index (χ4v) is 3.17. The Morgan fingerprint density at radius 3 is 2.78 bits per heavy atom. The Labute approximate surface area is 123 Å². The molecule has 100 valence electrons. The number of piperazine rings is 1.